The third kappa shape index (κ3) is 6.19. The molecular formula is C12H15NO4. The lowest BCUT2D eigenvalue weighted by atomic mass is 10.2. The van der Waals surface area contributed by atoms with Gasteiger partial charge in [0.15, 0.2) is 0 Å². The van der Waals surface area contributed by atoms with Gasteiger partial charge in [-0.1, -0.05) is 30.3 Å². The van der Waals surface area contributed by atoms with Crippen LogP contribution in [-0.4, -0.2) is 25.2 Å². The van der Waals surface area contributed by atoms with Crippen molar-refractivity contribution in [1.29, 1.82) is 0 Å². The Morgan fingerprint density at radius 1 is 1.18 bits per heavy atom. The van der Waals surface area contributed by atoms with Crippen LogP contribution < -0.4 is 5.32 Å². The highest BCUT2D eigenvalue weighted by atomic mass is 16.6. The van der Waals surface area contributed by atoms with Crippen molar-refractivity contribution in [2.45, 2.75) is 13.5 Å². The lowest BCUT2D eigenvalue weighted by Gasteiger charge is -2.06. The molecule has 5 nitrogen and oxygen atoms in total. The third-order valence-electron chi connectivity index (χ3n) is 1.89. The summed E-state index contributed by atoms with van der Waals surface area (Å²) in [6.07, 6.45) is -0.527. The highest BCUT2D eigenvalue weighted by Gasteiger charge is 2.01. The van der Waals surface area contributed by atoms with Crippen LogP contribution >= 0.6 is 0 Å². The van der Waals surface area contributed by atoms with Crippen molar-refractivity contribution in [2.24, 2.45) is 0 Å². The molecular weight excluding hydrogens is 222 g/mol. The number of rotatable bonds is 5. The van der Waals surface area contributed by atoms with Crippen LogP contribution in [0, 0.1) is 0 Å². The topological polar surface area (TPSA) is 64.6 Å². The summed E-state index contributed by atoms with van der Waals surface area (Å²) in [6, 6.07) is 9.37. The van der Waals surface area contributed by atoms with E-state index in [-0.39, 0.29) is 25.7 Å². The molecule has 1 rings (SSSR count). The molecule has 0 bridgehead atoms. The first-order valence-electron chi connectivity index (χ1n) is 5.26. The first-order chi connectivity index (χ1) is 8.18. The van der Waals surface area contributed by atoms with Crippen molar-refractivity contribution in [1.82, 2.24) is 5.32 Å². The Bertz CT molecular complexity index is 364. The number of hydrogen-bond donors (Lipinski definition) is 1. The van der Waals surface area contributed by atoms with Gasteiger partial charge in [0, 0.05) is 6.92 Å². The maximum absolute atomic E-state index is 11.2. The number of carbonyl (C=O) groups excluding carboxylic acids is 2. The standard InChI is InChI=1S/C12H15NO4/c1-10(14)16-8-7-13-12(15)17-9-11-5-3-2-4-6-11/h2-6H,7-9H2,1H3,(H,13,15). The number of nitrogens with one attached hydrogen (secondary N) is 1. The lowest BCUT2D eigenvalue weighted by molar-refractivity contribution is -0.140. The van der Waals surface area contributed by atoms with Crippen LogP contribution in [0.2, 0.25) is 0 Å². The Hall–Kier alpha value is -2.04. The van der Waals surface area contributed by atoms with Gasteiger partial charge in [-0.3, -0.25) is 4.79 Å². The molecule has 1 N–H and O–H groups in total. The normalized spacial score (nSPS) is 9.47. The first kappa shape index (κ1) is 13.0. The summed E-state index contributed by atoms with van der Waals surface area (Å²) in [7, 11) is 0. The van der Waals surface area contributed by atoms with Crippen LogP contribution in [0.4, 0.5) is 4.79 Å². The third-order valence-corrected chi connectivity index (χ3v) is 1.89. The van der Waals surface area contributed by atoms with Gasteiger partial charge in [-0.2, -0.15) is 0 Å². The maximum atomic E-state index is 11.2. The Kier molecular flexibility index (Phi) is 5.57. The average Bonchev–Trinajstić information content (AvgIpc) is 2.33. The number of alkyl carbamates (subject to hydrolysis) is 1. The van der Waals surface area contributed by atoms with Gasteiger partial charge in [0.25, 0.3) is 0 Å². The van der Waals surface area contributed by atoms with Crippen LogP contribution in [0.5, 0.6) is 0 Å². The summed E-state index contributed by atoms with van der Waals surface area (Å²) in [5.74, 6) is -0.371. The fourth-order valence-corrected chi connectivity index (χ4v) is 1.12. The van der Waals surface area contributed by atoms with Crippen LogP contribution in [0.25, 0.3) is 0 Å². The summed E-state index contributed by atoms with van der Waals surface area (Å²) in [6.45, 7) is 1.93. The van der Waals surface area contributed by atoms with Crippen molar-refractivity contribution in [2.75, 3.05) is 13.2 Å². The van der Waals surface area contributed by atoms with E-state index >= 15 is 0 Å². The Morgan fingerprint density at radius 3 is 2.53 bits per heavy atom. The Balaban J connectivity index is 2.11. The molecule has 0 spiro atoms. The number of esters is 1. The molecule has 0 heterocycles. The summed E-state index contributed by atoms with van der Waals surface area (Å²) in [5, 5.41) is 2.47. The van der Waals surface area contributed by atoms with Gasteiger partial charge < -0.3 is 14.8 Å². The fourth-order valence-electron chi connectivity index (χ4n) is 1.12. The maximum Gasteiger partial charge on any atom is 0.407 e. The molecule has 0 aliphatic heterocycles. The van der Waals surface area contributed by atoms with E-state index in [9.17, 15) is 9.59 Å². The van der Waals surface area contributed by atoms with E-state index in [2.05, 4.69) is 10.1 Å². The van der Waals surface area contributed by atoms with E-state index in [0.29, 0.717) is 0 Å². The first-order valence-corrected chi connectivity index (χ1v) is 5.26. The highest BCUT2D eigenvalue weighted by molar-refractivity contribution is 5.67. The zero-order chi connectivity index (χ0) is 12.5. The molecule has 0 saturated heterocycles. The number of hydrogen-bond acceptors (Lipinski definition) is 4. The SMILES string of the molecule is CC(=O)OCCNC(=O)OCc1ccccc1. The summed E-state index contributed by atoms with van der Waals surface area (Å²) in [4.78, 5) is 21.6. The predicted octanol–water partition coefficient (Wildman–Crippen LogP) is 1.48. The molecule has 0 aliphatic carbocycles. The van der Waals surface area contributed by atoms with Crippen LogP contribution in [0.1, 0.15) is 12.5 Å². The second-order valence-electron chi connectivity index (χ2n) is 3.33. The van der Waals surface area contributed by atoms with Crippen molar-refractivity contribution >= 4 is 12.1 Å². The molecule has 0 aliphatic rings. The van der Waals surface area contributed by atoms with Crippen molar-refractivity contribution in [3.8, 4) is 0 Å². The van der Waals surface area contributed by atoms with Gasteiger partial charge in [-0.15, -0.1) is 0 Å². The summed E-state index contributed by atoms with van der Waals surface area (Å²) >= 11 is 0. The Labute approximate surface area is 99.7 Å². The molecule has 1 aromatic carbocycles. The largest absolute Gasteiger partial charge is 0.464 e. The molecule has 1 aromatic rings. The monoisotopic (exact) mass is 237 g/mol. The highest BCUT2D eigenvalue weighted by Crippen LogP contribution is 2.00. The van der Waals surface area contributed by atoms with Gasteiger partial charge >= 0.3 is 12.1 Å². The quantitative estimate of drug-likeness (QED) is 0.622. The van der Waals surface area contributed by atoms with E-state index in [1.54, 1.807) is 0 Å². The molecule has 17 heavy (non-hydrogen) atoms. The molecule has 0 saturated carbocycles. The van der Waals surface area contributed by atoms with Crippen LogP contribution in [0.3, 0.4) is 0 Å². The molecule has 0 radical (unpaired) electrons. The fraction of sp³-hybridized carbons (Fsp3) is 0.333. The summed E-state index contributed by atoms with van der Waals surface area (Å²) in [5.41, 5.74) is 0.919. The smallest absolute Gasteiger partial charge is 0.407 e. The molecule has 0 unspecified atom stereocenters. The van der Waals surface area contributed by atoms with Gasteiger partial charge in [-0.25, -0.2) is 4.79 Å². The van der Waals surface area contributed by atoms with E-state index in [4.69, 9.17) is 4.74 Å². The average molecular weight is 237 g/mol. The lowest BCUT2D eigenvalue weighted by Crippen LogP contribution is -2.28. The molecule has 0 aromatic heterocycles. The molecule has 5 heteroatoms. The Morgan fingerprint density at radius 2 is 1.88 bits per heavy atom. The van der Waals surface area contributed by atoms with Crippen molar-refractivity contribution < 1.29 is 19.1 Å². The number of carbonyl (C=O) groups is 2. The minimum absolute atomic E-state index is 0.149. The van der Waals surface area contributed by atoms with Crippen molar-refractivity contribution in [3.05, 3.63) is 35.9 Å². The van der Waals surface area contributed by atoms with Gasteiger partial charge in [0.05, 0.1) is 6.54 Å². The molecule has 92 valence electrons. The molecule has 1 amide bonds. The van der Waals surface area contributed by atoms with E-state index in [0.717, 1.165) is 5.56 Å². The minimum atomic E-state index is -0.527. The molecule has 0 fully saturated rings. The van der Waals surface area contributed by atoms with E-state index < -0.39 is 6.09 Å². The second kappa shape index (κ2) is 7.27. The number of ether oxygens (including phenoxy) is 2. The van der Waals surface area contributed by atoms with E-state index in [1.807, 2.05) is 30.3 Å². The van der Waals surface area contributed by atoms with Crippen LogP contribution in [0.15, 0.2) is 30.3 Å². The van der Waals surface area contributed by atoms with Gasteiger partial charge in [0.1, 0.15) is 13.2 Å². The van der Waals surface area contributed by atoms with Crippen molar-refractivity contribution in [3.63, 3.8) is 0 Å². The summed E-state index contributed by atoms with van der Waals surface area (Å²) < 4.78 is 9.59. The zero-order valence-electron chi connectivity index (χ0n) is 9.64. The van der Waals surface area contributed by atoms with E-state index in [1.165, 1.54) is 6.92 Å². The zero-order valence-corrected chi connectivity index (χ0v) is 9.64. The predicted molar refractivity (Wildman–Crippen MR) is 61.3 cm³/mol. The van der Waals surface area contributed by atoms with Gasteiger partial charge in [-0.05, 0) is 5.56 Å². The van der Waals surface area contributed by atoms with Gasteiger partial charge in [0.2, 0.25) is 0 Å². The second-order valence-corrected chi connectivity index (χ2v) is 3.33. The number of amides is 1. The van der Waals surface area contributed by atoms with Crippen LogP contribution in [-0.2, 0) is 20.9 Å². The minimum Gasteiger partial charge on any atom is -0.464 e. The number of benzene rings is 1. The molecule has 0 atom stereocenters.